The lowest BCUT2D eigenvalue weighted by Crippen LogP contribution is -2.56. The van der Waals surface area contributed by atoms with Crippen molar-refractivity contribution in [1.29, 1.82) is 0 Å². The van der Waals surface area contributed by atoms with Crippen molar-refractivity contribution >= 4 is 0 Å². The second kappa shape index (κ2) is 8.50. The highest BCUT2D eigenvalue weighted by Crippen LogP contribution is 2.37. The number of ether oxygens (including phenoxy) is 1. The number of hydrogen-bond donors (Lipinski definition) is 1. The van der Waals surface area contributed by atoms with Crippen molar-refractivity contribution < 1.29 is 4.74 Å². The topological polar surface area (TPSA) is 38.5 Å². The Labute approximate surface area is 132 Å². The van der Waals surface area contributed by atoms with Crippen molar-refractivity contribution in [3.05, 3.63) is 0 Å². The molecule has 0 unspecified atom stereocenters. The van der Waals surface area contributed by atoms with Gasteiger partial charge in [-0.15, -0.1) is 0 Å². The average molecular weight is 299 g/mol. The maximum atomic E-state index is 6.26. The highest BCUT2D eigenvalue weighted by molar-refractivity contribution is 4.96. The van der Waals surface area contributed by atoms with Gasteiger partial charge in [-0.05, 0) is 64.8 Å². The third-order valence-corrected chi connectivity index (χ3v) is 5.69. The van der Waals surface area contributed by atoms with E-state index < -0.39 is 0 Å². The zero-order valence-corrected chi connectivity index (χ0v) is 15.1. The molecule has 3 heteroatoms. The molecule has 0 heterocycles. The van der Waals surface area contributed by atoms with Gasteiger partial charge in [-0.2, -0.15) is 0 Å². The molecule has 1 rings (SSSR count). The van der Waals surface area contributed by atoms with Crippen LogP contribution in [0.25, 0.3) is 0 Å². The third kappa shape index (κ3) is 5.22. The van der Waals surface area contributed by atoms with Crippen LogP contribution in [-0.2, 0) is 4.74 Å². The van der Waals surface area contributed by atoms with E-state index in [0.29, 0.717) is 0 Å². The highest BCUT2D eigenvalue weighted by atomic mass is 16.5. The first kappa shape index (κ1) is 18.9. The van der Waals surface area contributed by atoms with Gasteiger partial charge in [0.1, 0.15) is 0 Å². The van der Waals surface area contributed by atoms with E-state index in [-0.39, 0.29) is 11.1 Å². The molecule has 2 N–H and O–H groups in total. The van der Waals surface area contributed by atoms with E-state index in [1.165, 1.54) is 38.5 Å². The van der Waals surface area contributed by atoms with Gasteiger partial charge in [-0.25, -0.2) is 0 Å². The summed E-state index contributed by atoms with van der Waals surface area (Å²) in [6.07, 6.45) is 8.84. The van der Waals surface area contributed by atoms with Crippen molar-refractivity contribution in [1.82, 2.24) is 4.90 Å². The first-order valence-electron chi connectivity index (χ1n) is 8.93. The molecule has 0 amide bonds. The number of hydrogen-bond acceptors (Lipinski definition) is 3. The Hall–Kier alpha value is -0.120. The Balaban J connectivity index is 2.71. The zero-order chi connectivity index (χ0) is 15.9. The van der Waals surface area contributed by atoms with Crippen LogP contribution in [0.4, 0.5) is 0 Å². The van der Waals surface area contributed by atoms with Gasteiger partial charge in [0.15, 0.2) is 0 Å². The second-order valence-corrected chi connectivity index (χ2v) is 7.48. The molecule has 3 nitrogen and oxygen atoms in total. The standard InChI is InChI=1S/C18H38N2O/c1-6-13-20(14-12-17(3,4)21-5)18(15-19)10-8-16(7-2)9-11-18/h16H,6-15,19H2,1-5H3. The Morgan fingerprint density at radius 2 is 1.81 bits per heavy atom. The number of methoxy groups -OCH3 is 1. The molecule has 1 fully saturated rings. The fourth-order valence-electron chi connectivity index (χ4n) is 3.63. The molecular formula is C18H38N2O. The molecule has 0 aromatic heterocycles. The number of nitrogens with zero attached hydrogens (tertiary/aromatic N) is 1. The number of rotatable bonds is 9. The van der Waals surface area contributed by atoms with Crippen LogP contribution in [0, 0.1) is 5.92 Å². The summed E-state index contributed by atoms with van der Waals surface area (Å²) >= 11 is 0. The van der Waals surface area contributed by atoms with Crippen molar-refractivity contribution in [2.75, 3.05) is 26.7 Å². The van der Waals surface area contributed by atoms with E-state index >= 15 is 0 Å². The van der Waals surface area contributed by atoms with E-state index in [2.05, 4.69) is 32.6 Å². The van der Waals surface area contributed by atoms with Crippen LogP contribution in [0.15, 0.2) is 0 Å². The maximum Gasteiger partial charge on any atom is 0.0634 e. The molecule has 0 saturated heterocycles. The summed E-state index contributed by atoms with van der Waals surface area (Å²) in [6.45, 7) is 12.0. The summed E-state index contributed by atoms with van der Waals surface area (Å²) < 4.78 is 5.60. The summed E-state index contributed by atoms with van der Waals surface area (Å²) in [5.41, 5.74) is 6.46. The largest absolute Gasteiger partial charge is 0.379 e. The van der Waals surface area contributed by atoms with Gasteiger partial charge in [-0.3, -0.25) is 4.90 Å². The van der Waals surface area contributed by atoms with E-state index in [4.69, 9.17) is 10.5 Å². The van der Waals surface area contributed by atoms with E-state index in [1.807, 2.05) is 7.11 Å². The molecule has 0 bridgehead atoms. The van der Waals surface area contributed by atoms with Crippen molar-refractivity contribution in [3.63, 3.8) is 0 Å². The van der Waals surface area contributed by atoms with E-state index in [0.717, 1.165) is 32.0 Å². The van der Waals surface area contributed by atoms with Crippen LogP contribution in [0.5, 0.6) is 0 Å². The van der Waals surface area contributed by atoms with Gasteiger partial charge in [0.25, 0.3) is 0 Å². The average Bonchev–Trinajstić information content (AvgIpc) is 2.51. The summed E-state index contributed by atoms with van der Waals surface area (Å²) in [5, 5.41) is 0. The van der Waals surface area contributed by atoms with Gasteiger partial charge in [-0.1, -0.05) is 20.3 Å². The Morgan fingerprint density at radius 1 is 1.19 bits per heavy atom. The minimum Gasteiger partial charge on any atom is -0.379 e. The molecular weight excluding hydrogens is 260 g/mol. The summed E-state index contributed by atoms with van der Waals surface area (Å²) in [5.74, 6) is 0.920. The minimum absolute atomic E-state index is 0.0393. The molecule has 0 radical (unpaired) electrons. The molecule has 0 aromatic carbocycles. The molecule has 21 heavy (non-hydrogen) atoms. The zero-order valence-electron chi connectivity index (χ0n) is 15.1. The lowest BCUT2D eigenvalue weighted by atomic mass is 9.74. The molecule has 126 valence electrons. The monoisotopic (exact) mass is 298 g/mol. The molecule has 0 aromatic rings. The van der Waals surface area contributed by atoms with Crippen molar-refractivity contribution in [2.45, 2.75) is 83.8 Å². The highest BCUT2D eigenvalue weighted by Gasteiger charge is 2.38. The molecule has 1 saturated carbocycles. The van der Waals surface area contributed by atoms with Gasteiger partial charge in [0.2, 0.25) is 0 Å². The molecule has 0 aliphatic heterocycles. The van der Waals surface area contributed by atoms with Crippen LogP contribution in [0.1, 0.15) is 72.6 Å². The molecule has 0 atom stereocenters. The van der Waals surface area contributed by atoms with Gasteiger partial charge in [0, 0.05) is 25.7 Å². The van der Waals surface area contributed by atoms with Crippen LogP contribution in [-0.4, -0.2) is 42.8 Å². The fraction of sp³-hybridized carbons (Fsp3) is 1.00. The smallest absolute Gasteiger partial charge is 0.0634 e. The van der Waals surface area contributed by atoms with Crippen molar-refractivity contribution in [3.8, 4) is 0 Å². The predicted molar refractivity (Wildman–Crippen MR) is 91.6 cm³/mol. The Bertz CT molecular complexity index is 283. The first-order chi connectivity index (χ1) is 9.93. The van der Waals surface area contributed by atoms with Gasteiger partial charge >= 0.3 is 0 Å². The van der Waals surface area contributed by atoms with Gasteiger partial charge < -0.3 is 10.5 Å². The molecule has 1 aliphatic rings. The molecule has 1 aliphatic carbocycles. The normalized spacial score (nSPS) is 27.3. The second-order valence-electron chi connectivity index (χ2n) is 7.48. The number of nitrogens with two attached hydrogens (primary N) is 1. The Kier molecular flexibility index (Phi) is 7.66. The van der Waals surface area contributed by atoms with E-state index in [9.17, 15) is 0 Å². The van der Waals surface area contributed by atoms with Crippen LogP contribution in [0.2, 0.25) is 0 Å². The van der Waals surface area contributed by atoms with Crippen molar-refractivity contribution in [2.24, 2.45) is 11.7 Å². The lowest BCUT2D eigenvalue weighted by molar-refractivity contribution is -0.0160. The van der Waals surface area contributed by atoms with Crippen LogP contribution < -0.4 is 5.73 Å². The molecule has 0 spiro atoms. The summed E-state index contributed by atoms with van der Waals surface area (Å²) in [6, 6.07) is 0. The maximum absolute atomic E-state index is 6.26. The van der Waals surface area contributed by atoms with E-state index in [1.54, 1.807) is 0 Å². The predicted octanol–water partition coefficient (Wildman–Crippen LogP) is 3.81. The SMILES string of the molecule is CCCN(CCC(C)(C)OC)C1(CN)CCC(CC)CC1. The Morgan fingerprint density at radius 3 is 2.24 bits per heavy atom. The first-order valence-corrected chi connectivity index (χ1v) is 8.93. The van der Waals surface area contributed by atoms with Gasteiger partial charge in [0.05, 0.1) is 5.60 Å². The van der Waals surface area contributed by atoms with Crippen LogP contribution in [0.3, 0.4) is 0 Å². The summed E-state index contributed by atoms with van der Waals surface area (Å²) in [4.78, 5) is 2.68. The minimum atomic E-state index is -0.0393. The fourth-order valence-corrected chi connectivity index (χ4v) is 3.63. The third-order valence-electron chi connectivity index (χ3n) is 5.69. The lowest BCUT2D eigenvalue weighted by Gasteiger charge is -2.48. The quantitative estimate of drug-likeness (QED) is 0.703. The van der Waals surface area contributed by atoms with Crippen LogP contribution >= 0.6 is 0 Å². The summed E-state index contributed by atoms with van der Waals surface area (Å²) in [7, 11) is 1.81.